The van der Waals surface area contributed by atoms with Crippen molar-refractivity contribution in [3.05, 3.63) is 0 Å². The van der Waals surface area contributed by atoms with Gasteiger partial charge < -0.3 is 10.5 Å². The summed E-state index contributed by atoms with van der Waals surface area (Å²) in [5.74, 6) is -0.679. The zero-order chi connectivity index (χ0) is 9.78. The molecule has 1 atom stereocenters. The van der Waals surface area contributed by atoms with E-state index in [1.807, 2.05) is 0 Å². The fourth-order valence-electron chi connectivity index (χ4n) is 0.610. The van der Waals surface area contributed by atoms with Crippen LogP contribution in [0.2, 0.25) is 0 Å². The molecule has 5 nitrogen and oxygen atoms in total. The number of sulfone groups is 1. The maximum absolute atomic E-state index is 10.7. The predicted molar refractivity (Wildman–Crippen MR) is 44.3 cm³/mol. The Kier molecular flexibility index (Phi) is 4.19. The summed E-state index contributed by atoms with van der Waals surface area (Å²) in [7, 11) is -1.84. The molecule has 0 aromatic carbocycles. The first-order valence-electron chi connectivity index (χ1n) is 3.38. The molecule has 0 aromatic heterocycles. The molecule has 6 heteroatoms. The molecule has 0 bridgehead atoms. The summed E-state index contributed by atoms with van der Waals surface area (Å²) >= 11 is 0. The third-order valence-corrected chi connectivity index (χ3v) is 2.28. The number of ether oxygens (including phenoxy) is 1. The average Bonchev–Trinajstić information content (AvgIpc) is 1.97. The van der Waals surface area contributed by atoms with Crippen molar-refractivity contribution < 1.29 is 17.9 Å². The Morgan fingerprint density at radius 1 is 1.58 bits per heavy atom. The van der Waals surface area contributed by atoms with E-state index in [4.69, 9.17) is 5.73 Å². The highest BCUT2D eigenvalue weighted by Crippen LogP contribution is 1.95. The molecule has 0 fully saturated rings. The Morgan fingerprint density at radius 2 is 2.08 bits per heavy atom. The number of carbonyl (C=O) groups is 1. The van der Waals surface area contributed by atoms with Crippen LogP contribution in [-0.2, 0) is 19.4 Å². The van der Waals surface area contributed by atoms with Gasteiger partial charge in [-0.1, -0.05) is 0 Å². The molecular weight excluding hydrogens is 182 g/mol. The number of esters is 1. The topological polar surface area (TPSA) is 86.5 Å². The number of methoxy groups -OCH3 is 1. The van der Waals surface area contributed by atoms with Gasteiger partial charge in [-0.05, 0) is 6.42 Å². The van der Waals surface area contributed by atoms with Gasteiger partial charge in [-0.2, -0.15) is 0 Å². The normalized spacial score (nSPS) is 13.9. The second kappa shape index (κ2) is 4.42. The summed E-state index contributed by atoms with van der Waals surface area (Å²) in [5.41, 5.74) is 5.30. The van der Waals surface area contributed by atoms with Crippen molar-refractivity contribution in [1.82, 2.24) is 0 Å². The van der Waals surface area contributed by atoms with Crippen LogP contribution in [0.4, 0.5) is 0 Å². The van der Waals surface area contributed by atoms with Crippen molar-refractivity contribution in [3.63, 3.8) is 0 Å². The van der Waals surface area contributed by atoms with Gasteiger partial charge in [0, 0.05) is 6.26 Å². The predicted octanol–water partition coefficient (Wildman–Crippen LogP) is -1.08. The molecule has 0 aromatic rings. The minimum atomic E-state index is -3.05. The number of hydrogen-bond acceptors (Lipinski definition) is 5. The molecule has 0 aliphatic rings. The van der Waals surface area contributed by atoms with E-state index < -0.39 is 21.8 Å². The summed E-state index contributed by atoms with van der Waals surface area (Å²) in [6, 6.07) is -0.843. The molecule has 0 spiro atoms. The van der Waals surface area contributed by atoms with Gasteiger partial charge in [-0.3, -0.25) is 4.79 Å². The Hall–Kier alpha value is -0.620. The molecule has 0 radical (unpaired) electrons. The number of nitrogens with two attached hydrogens (primary N) is 1. The fourth-order valence-corrected chi connectivity index (χ4v) is 1.29. The number of hydrogen-bond donors (Lipinski definition) is 1. The van der Waals surface area contributed by atoms with Crippen LogP contribution in [0.3, 0.4) is 0 Å². The summed E-state index contributed by atoms with van der Waals surface area (Å²) in [6.45, 7) is 0. The Labute approximate surface area is 71.8 Å². The fraction of sp³-hybridized carbons (Fsp3) is 0.833. The lowest BCUT2D eigenvalue weighted by atomic mass is 10.2. The lowest BCUT2D eigenvalue weighted by Crippen LogP contribution is -2.33. The first-order valence-corrected chi connectivity index (χ1v) is 5.44. The first-order chi connectivity index (χ1) is 5.37. The summed E-state index contributed by atoms with van der Waals surface area (Å²) in [6.07, 6.45) is 1.20. The molecule has 0 saturated carbocycles. The molecule has 0 amide bonds. The number of rotatable bonds is 4. The van der Waals surface area contributed by atoms with Gasteiger partial charge in [0.05, 0.1) is 12.9 Å². The second-order valence-electron chi connectivity index (χ2n) is 2.55. The molecule has 72 valence electrons. The van der Waals surface area contributed by atoms with Crippen molar-refractivity contribution in [3.8, 4) is 0 Å². The van der Waals surface area contributed by atoms with E-state index in [0.717, 1.165) is 6.26 Å². The van der Waals surface area contributed by atoms with E-state index in [0.29, 0.717) is 0 Å². The van der Waals surface area contributed by atoms with Crippen LogP contribution in [-0.4, -0.2) is 39.5 Å². The third kappa shape index (κ3) is 5.09. The summed E-state index contributed by atoms with van der Waals surface area (Å²) in [4.78, 5) is 10.7. The molecule has 0 heterocycles. The van der Waals surface area contributed by atoms with E-state index in [1.54, 1.807) is 0 Å². The largest absolute Gasteiger partial charge is 0.468 e. The minimum absolute atomic E-state index is 0.0940. The van der Waals surface area contributed by atoms with Gasteiger partial charge in [0.2, 0.25) is 0 Å². The highest BCUT2D eigenvalue weighted by atomic mass is 32.2. The maximum Gasteiger partial charge on any atom is 0.322 e. The van der Waals surface area contributed by atoms with Crippen molar-refractivity contribution in [2.75, 3.05) is 19.1 Å². The van der Waals surface area contributed by atoms with E-state index in [2.05, 4.69) is 4.74 Å². The van der Waals surface area contributed by atoms with Crippen molar-refractivity contribution in [1.29, 1.82) is 0 Å². The van der Waals surface area contributed by atoms with E-state index in [9.17, 15) is 13.2 Å². The third-order valence-electron chi connectivity index (χ3n) is 1.30. The van der Waals surface area contributed by atoms with Gasteiger partial charge in [0.15, 0.2) is 0 Å². The molecule has 0 unspecified atom stereocenters. The van der Waals surface area contributed by atoms with Gasteiger partial charge in [0.1, 0.15) is 15.9 Å². The average molecular weight is 195 g/mol. The summed E-state index contributed by atoms with van der Waals surface area (Å²) in [5, 5.41) is 0. The van der Waals surface area contributed by atoms with E-state index >= 15 is 0 Å². The van der Waals surface area contributed by atoms with Crippen LogP contribution < -0.4 is 5.73 Å². The second-order valence-corrected chi connectivity index (χ2v) is 4.81. The monoisotopic (exact) mass is 195 g/mol. The molecule has 0 rings (SSSR count). The van der Waals surface area contributed by atoms with Crippen LogP contribution >= 0.6 is 0 Å². The van der Waals surface area contributed by atoms with Crippen LogP contribution in [0, 0.1) is 0 Å². The van der Waals surface area contributed by atoms with E-state index in [-0.39, 0.29) is 12.2 Å². The highest BCUT2D eigenvalue weighted by molar-refractivity contribution is 7.90. The number of carbonyl (C=O) groups excluding carboxylic acids is 1. The zero-order valence-electron chi connectivity index (χ0n) is 7.11. The van der Waals surface area contributed by atoms with Gasteiger partial charge in [-0.25, -0.2) is 8.42 Å². The Balaban J connectivity index is 3.88. The van der Waals surface area contributed by atoms with Gasteiger partial charge >= 0.3 is 5.97 Å². The maximum atomic E-state index is 10.7. The standard InChI is InChI=1S/C6H13NO4S/c1-11-6(8)5(7)3-4-12(2,9)10/h5H,3-4,7H2,1-2H3/t5-/m0/s1. The smallest absolute Gasteiger partial charge is 0.322 e. The van der Waals surface area contributed by atoms with E-state index in [1.165, 1.54) is 7.11 Å². The molecule has 0 saturated heterocycles. The molecule has 12 heavy (non-hydrogen) atoms. The highest BCUT2D eigenvalue weighted by Gasteiger charge is 2.15. The molecule has 2 N–H and O–H groups in total. The Morgan fingerprint density at radius 3 is 2.42 bits per heavy atom. The lowest BCUT2D eigenvalue weighted by Gasteiger charge is -2.07. The van der Waals surface area contributed by atoms with Crippen LogP contribution in [0.5, 0.6) is 0 Å². The van der Waals surface area contributed by atoms with Crippen molar-refractivity contribution in [2.24, 2.45) is 5.73 Å². The van der Waals surface area contributed by atoms with Gasteiger partial charge in [0.25, 0.3) is 0 Å². The van der Waals surface area contributed by atoms with Gasteiger partial charge in [-0.15, -0.1) is 0 Å². The molecule has 0 aliphatic heterocycles. The molecular formula is C6H13NO4S. The lowest BCUT2D eigenvalue weighted by molar-refractivity contribution is -0.142. The van der Waals surface area contributed by atoms with Crippen molar-refractivity contribution >= 4 is 15.8 Å². The minimum Gasteiger partial charge on any atom is -0.468 e. The van der Waals surface area contributed by atoms with Crippen LogP contribution in [0.25, 0.3) is 0 Å². The zero-order valence-corrected chi connectivity index (χ0v) is 7.93. The molecule has 0 aliphatic carbocycles. The SMILES string of the molecule is COC(=O)[C@@H](N)CCS(C)(=O)=O. The Bertz CT molecular complexity index is 246. The van der Waals surface area contributed by atoms with Crippen molar-refractivity contribution in [2.45, 2.75) is 12.5 Å². The first kappa shape index (κ1) is 11.4. The summed E-state index contributed by atoms with van der Waals surface area (Å²) < 4.78 is 25.6. The quantitative estimate of drug-likeness (QED) is 0.577. The van der Waals surface area contributed by atoms with Crippen LogP contribution in [0.1, 0.15) is 6.42 Å². The van der Waals surface area contributed by atoms with Crippen LogP contribution in [0.15, 0.2) is 0 Å².